The summed E-state index contributed by atoms with van der Waals surface area (Å²) in [5.41, 5.74) is 1.86. The minimum atomic E-state index is -4.42. The predicted octanol–water partition coefficient (Wildman–Crippen LogP) is 4.19. The molecule has 23 heavy (non-hydrogen) atoms. The summed E-state index contributed by atoms with van der Waals surface area (Å²) >= 11 is 2.08. The van der Waals surface area contributed by atoms with Gasteiger partial charge in [-0.3, -0.25) is 4.79 Å². The number of ether oxygens (including phenoxy) is 1. The van der Waals surface area contributed by atoms with Gasteiger partial charge < -0.3 is 10.1 Å². The van der Waals surface area contributed by atoms with E-state index in [1.165, 1.54) is 18.3 Å². The van der Waals surface area contributed by atoms with E-state index in [-0.39, 0.29) is 11.8 Å². The van der Waals surface area contributed by atoms with E-state index in [0.717, 1.165) is 9.13 Å². The van der Waals surface area contributed by atoms with Gasteiger partial charge in [0, 0.05) is 9.64 Å². The molecule has 1 aromatic carbocycles. The highest BCUT2D eigenvalue weighted by Crippen LogP contribution is 2.20. The molecule has 2 aromatic rings. The van der Waals surface area contributed by atoms with Gasteiger partial charge in [-0.25, -0.2) is 4.98 Å². The second-order valence-corrected chi connectivity index (χ2v) is 5.76. The van der Waals surface area contributed by atoms with Crippen LogP contribution in [0.25, 0.3) is 0 Å². The Hall–Kier alpha value is -1.84. The molecule has 0 unspecified atom stereocenters. The van der Waals surface area contributed by atoms with Gasteiger partial charge in [0.15, 0.2) is 6.61 Å². The Morgan fingerprint density at radius 2 is 2.04 bits per heavy atom. The summed E-state index contributed by atoms with van der Waals surface area (Å²) in [4.78, 5) is 15.9. The van der Waals surface area contributed by atoms with Gasteiger partial charge in [0.1, 0.15) is 0 Å². The number of hydrogen-bond donors (Lipinski definition) is 1. The summed E-state index contributed by atoms with van der Waals surface area (Å²) < 4.78 is 41.5. The molecule has 0 atom stereocenters. The summed E-state index contributed by atoms with van der Waals surface area (Å²) in [6.45, 7) is 0.486. The standard InChI is InChI=1S/C15H12F3IN2O2/c1-9-3-2-4-11(13(9)19)14(22)21-10-5-6-12(20-7-10)23-8-15(16,17)18/h2-7H,8H2,1H3,(H,21,22). The number of hydrogen-bond acceptors (Lipinski definition) is 3. The first kappa shape index (κ1) is 17.5. The lowest BCUT2D eigenvalue weighted by atomic mass is 10.1. The van der Waals surface area contributed by atoms with Gasteiger partial charge in [0.2, 0.25) is 5.88 Å². The number of alkyl halides is 3. The molecule has 0 fully saturated rings. The molecule has 8 heteroatoms. The van der Waals surface area contributed by atoms with Crippen LogP contribution in [-0.4, -0.2) is 23.7 Å². The van der Waals surface area contributed by atoms with Crippen LogP contribution in [0, 0.1) is 10.5 Å². The zero-order valence-electron chi connectivity index (χ0n) is 11.9. The van der Waals surface area contributed by atoms with Crippen LogP contribution in [0.3, 0.4) is 0 Å². The fourth-order valence-corrected chi connectivity index (χ4v) is 2.32. The fourth-order valence-electron chi connectivity index (χ4n) is 1.72. The van der Waals surface area contributed by atoms with E-state index in [0.29, 0.717) is 11.3 Å². The van der Waals surface area contributed by atoms with Crippen LogP contribution in [0.1, 0.15) is 15.9 Å². The van der Waals surface area contributed by atoms with Gasteiger partial charge in [-0.15, -0.1) is 0 Å². The molecular weight excluding hydrogens is 424 g/mol. The molecule has 1 N–H and O–H groups in total. The van der Waals surface area contributed by atoms with Crippen LogP contribution in [0.5, 0.6) is 5.88 Å². The van der Waals surface area contributed by atoms with E-state index >= 15 is 0 Å². The summed E-state index contributed by atoms with van der Waals surface area (Å²) in [6.07, 6.45) is -3.18. The Labute approximate surface area is 144 Å². The second-order valence-electron chi connectivity index (χ2n) is 4.68. The third-order valence-corrected chi connectivity index (χ3v) is 4.25. The molecule has 0 bridgehead atoms. The number of aryl methyl sites for hydroxylation is 1. The van der Waals surface area contributed by atoms with Crippen molar-refractivity contribution in [1.82, 2.24) is 4.98 Å². The number of amides is 1. The molecular formula is C15H12F3IN2O2. The number of anilines is 1. The highest BCUT2D eigenvalue weighted by atomic mass is 127. The molecule has 0 radical (unpaired) electrons. The monoisotopic (exact) mass is 436 g/mol. The van der Waals surface area contributed by atoms with Crippen molar-refractivity contribution in [2.24, 2.45) is 0 Å². The quantitative estimate of drug-likeness (QED) is 0.732. The van der Waals surface area contributed by atoms with Gasteiger partial charge in [-0.05, 0) is 47.2 Å². The summed E-state index contributed by atoms with van der Waals surface area (Å²) in [5.74, 6) is -0.477. The van der Waals surface area contributed by atoms with Crippen molar-refractivity contribution in [1.29, 1.82) is 0 Å². The van der Waals surface area contributed by atoms with Gasteiger partial charge in [-0.1, -0.05) is 12.1 Å². The molecule has 0 aliphatic carbocycles. The molecule has 1 aromatic heterocycles. The topological polar surface area (TPSA) is 51.2 Å². The van der Waals surface area contributed by atoms with E-state index < -0.39 is 12.8 Å². The smallest absolute Gasteiger partial charge is 0.422 e. The maximum Gasteiger partial charge on any atom is 0.422 e. The van der Waals surface area contributed by atoms with Crippen molar-refractivity contribution < 1.29 is 22.7 Å². The molecule has 2 rings (SSSR count). The molecule has 0 aliphatic rings. The number of carbonyl (C=O) groups is 1. The maximum atomic E-state index is 12.2. The zero-order chi connectivity index (χ0) is 17.0. The van der Waals surface area contributed by atoms with Crippen molar-refractivity contribution in [3.8, 4) is 5.88 Å². The minimum absolute atomic E-state index is 0.162. The Kier molecular flexibility index (Phi) is 5.45. The number of nitrogens with one attached hydrogen (secondary N) is 1. The summed E-state index contributed by atoms with van der Waals surface area (Å²) in [6, 6.07) is 8.06. The average Bonchev–Trinajstić information content (AvgIpc) is 2.48. The Bertz CT molecular complexity index is 703. The van der Waals surface area contributed by atoms with Crippen molar-refractivity contribution in [3.05, 3.63) is 51.2 Å². The molecule has 122 valence electrons. The van der Waals surface area contributed by atoms with Crippen LogP contribution in [-0.2, 0) is 0 Å². The Morgan fingerprint density at radius 3 is 2.65 bits per heavy atom. The van der Waals surface area contributed by atoms with Gasteiger partial charge in [0.05, 0.1) is 17.4 Å². The molecule has 0 saturated heterocycles. The second kappa shape index (κ2) is 7.16. The highest BCUT2D eigenvalue weighted by Gasteiger charge is 2.28. The first-order chi connectivity index (χ1) is 10.8. The fraction of sp³-hybridized carbons (Fsp3) is 0.200. The van der Waals surface area contributed by atoms with Crippen LogP contribution >= 0.6 is 22.6 Å². The molecule has 0 saturated carbocycles. The van der Waals surface area contributed by atoms with E-state index in [9.17, 15) is 18.0 Å². The molecule has 1 heterocycles. The number of benzene rings is 1. The lowest BCUT2D eigenvalue weighted by Gasteiger charge is -2.10. The van der Waals surface area contributed by atoms with Gasteiger partial charge in [0.25, 0.3) is 5.91 Å². The highest BCUT2D eigenvalue weighted by molar-refractivity contribution is 14.1. The van der Waals surface area contributed by atoms with Gasteiger partial charge in [-0.2, -0.15) is 13.2 Å². The van der Waals surface area contributed by atoms with Crippen molar-refractivity contribution in [2.45, 2.75) is 13.1 Å². The zero-order valence-corrected chi connectivity index (χ0v) is 14.1. The van der Waals surface area contributed by atoms with Crippen LogP contribution in [0.4, 0.5) is 18.9 Å². The molecule has 4 nitrogen and oxygen atoms in total. The van der Waals surface area contributed by atoms with Crippen LogP contribution < -0.4 is 10.1 Å². The van der Waals surface area contributed by atoms with E-state index in [1.54, 1.807) is 12.1 Å². The third-order valence-electron chi connectivity index (χ3n) is 2.81. The van der Waals surface area contributed by atoms with Crippen LogP contribution in [0.2, 0.25) is 0 Å². The third kappa shape index (κ3) is 5.08. The number of halogens is 4. The normalized spacial score (nSPS) is 11.2. The van der Waals surface area contributed by atoms with E-state index in [1.807, 2.05) is 13.0 Å². The first-order valence-electron chi connectivity index (χ1n) is 6.48. The Balaban J connectivity index is 2.03. The average molecular weight is 436 g/mol. The number of carbonyl (C=O) groups excluding carboxylic acids is 1. The maximum absolute atomic E-state index is 12.2. The number of nitrogens with zero attached hydrogens (tertiary/aromatic N) is 1. The van der Waals surface area contributed by atoms with Crippen molar-refractivity contribution >= 4 is 34.2 Å². The predicted molar refractivity (Wildman–Crippen MR) is 87.6 cm³/mol. The van der Waals surface area contributed by atoms with Gasteiger partial charge >= 0.3 is 6.18 Å². The molecule has 0 aliphatic heterocycles. The first-order valence-corrected chi connectivity index (χ1v) is 7.56. The lowest BCUT2D eigenvalue weighted by Crippen LogP contribution is -2.19. The van der Waals surface area contributed by atoms with Crippen molar-refractivity contribution in [2.75, 3.05) is 11.9 Å². The SMILES string of the molecule is Cc1cccc(C(=O)Nc2ccc(OCC(F)(F)F)nc2)c1I. The van der Waals surface area contributed by atoms with E-state index in [2.05, 4.69) is 37.6 Å². The largest absolute Gasteiger partial charge is 0.468 e. The summed E-state index contributed by atoms with van der Waals surface area (Å²) in [5, 5.41) is 2.64. The number of pyridine rings is 1. The van der Waals surface area contributed by atoms with E-state index in [4.69, 9.17) is 0 Å². The lowest BCUT2D eigenvalue weighted by molar-refractivity contribution is -0.154. The summed E-state index contributed by atoms with van der Waals surface area (Å²) in [7, 11) is 0. The number of rotatable bonds is 4. The number of aromatic nitrogens is 1. The molecule has 1 amide bonds. The molecule has 0 spiro atoms. The minimum Gasteiger partial charge on any atom is -0.468 e. The van der Waals surface area contributed by atoms with Crippen LogP contribution in [0.15, 0.2) is 36.5 Å². The van der Waals surface area contributed by atoms with Crippen molar-refractivity contribution in [3.63, 3.8) is 0 Å². The Morgan fingerprint density at radius 1 is 1.30 bits per heavy atom.